The molecule has 0 N–H and O–H groups in total. The second kappa shape index (κ2) is 9.02. The molecule has 0 amide bonds. The molecule has 1 aliphatic heterocycles. The van der Waals surface area contributed by atoms with E-state index in [1.807, 2.05) is 0 Å². The van der Waals surface area contributed by atoms with Gasteiger partial charge in [0.2, 0.25) is 0 Å². The summed E-state index contributed by atoms with van der Waals surface area (Å²) in [4.78, 5) is 2.91. The lowest BCUT2D eigenvalue weighted by molar-refractivity contribution is -0.241. The van der Waals surface area contributed by atoms with Crippen molar-refractivity contribution in [2.75, 3.05) is 40.5 Å². The molecule has 0 unspecified atom stereocenters. The van der Waals surface area contributed by atoms with Crippen molar-refractivity contribution in [3.05, 3.63) is 0 Å². The molecule has 0 saturated carbocycles. The summed E-state index contributed by atoms with van der Waals surface area (Å²) in [5, 5.41) is 0. The van der Waals surface area contributed by atoms with E-state index in [4.69, 9.17) is 9.47 Å². The van der Waals surface area contributed by atoms with Crippen LogP contribution in [-0.4, -0.2) is 67.6 Å². The van der Waals surface area contributed by atoms with Crippen LogP contribution in [0.25, 0.3) is 0 Å². The van der Waals surface area contributed by atoms with Gasteiger partial charge in [0.05, 0.1) is 24.3 Å². The van der Waals surface area contributed by atoms with Crippen LogP contribution in [0.1, 0.15) is 55.4 Å². The first-order chi connectivity index (χ1) is 12.4. The minimum atomic E-state index is -3.07. The summed E-state index contributed by atoms with van der Waals surface area (Å²) in [5.74, 6) is 0.158. The molecular weight excluding hydrogens is 350 g/mol. The van der Waals surface area contributed by atoms with Crippen molar-refractivity contribution in [3.8, 4) is 0 Å². The summed E-state index contributed by atoms with van der Waals surface area (Å²) < 4.78 is 42.7. The second-order valence-corrected chi connectivity index (χ2v) is 9.07. The SMILES string of the molecule is COCCN1C(F)(F)N(CCOC)C(C(C)C)(C(C)C)C1(C(C)C)C(C)C. The molecule has 162 valence electrons. The van der Waals surface area contributed by atoms with Crippen LogP contribution in [0.2, 0.25) is 0 Å². The lowest BCUT2D eigenvalue weighted by atomic mass is 9.55. The molecule has 1 fully saturated rings. The maximum Gasteiger partial charge on any atom is 0.370 e. The predicted molar refractivity (Wildman–Crippen MR) is 107 cm³/mol. The number of nitrogens with zero attached hydrogens (tertiary/aromatic N) is 2. The highest BCUT2D eigenvalue weighted by Gasteiger charge is 2.77. The zero-order valence-electron chi connectivity index (χ0n) is 19.1. The summed E-state index contributed by atoms with van der Waals surface area (Å²) >= 11 is 0. The van der Waals surface area contributed by atoms with E-state index in [0.717, 1.165) is 0 Å². The van der Waals surface area contributed by atoms with E-state index in [1.54, 1.807) is 14.2 Å². The molecule has 0 spiro atoms. The Labute approximate surface area is 165 Å². The fourth-order valence-electron chi connectivity index (χ4n) is 6.46. The largest absolute Gasteiger partial charge is 0.383 e. The van der Waals surface area contributed by atoms with Gasteiger partial charge in [-0.05, 0) is 23.7 Å². The summed E-state index contributed by atoms with van der Waals surface area (Å²) in [7, 11) is 3.14. The van der Waals surface area contributed by atoms with Gasteiger partial charge in [-0.15, -0.1) is 0 Å². The van der Waals surface area contributed by atoms with Gasteiger partial charge < -0.3 is 9.47 Å². The molecule has 0 aromatic carbocycles. The van der Waals surface area contributed by atoms with Gasteiger partial charge in [-0.3, -0.25) is 0 Å². The van der Waals surface area contributed by atoms with Crippen LogP contribution < -0.4 is 0 Å². The van der Waals surface area contributed by atoms with Crippen LogP contribution >= 0.6 is 0 Å². The van der Waals surface area contributed by atoms with E-state index in [0.29, 0.717) is 0 Å². The Bertz CT molecular complexity index is 411. The molecule has 1 heterocycles. The lowest BCUT2D eigenvalue weighted by Crippen LogP contribution is -2.72. The normalized spacial score (nSPS) is 22.7. The third kappa shape index (κ3) is 3.45. The van der Waals surface area contributed by atoms with Crippen molar-refractivity contribution in [3.63, 3.8) is 0 Å². The van der Waals surface area contributed by atoms with Gasteiger partial charge in [-0.25, -0.2) is 9.80 Å². The molecule has 0 atom stereocenters. The quantitative estimate of drug-likeness (QED) is 0.509. The van der Waals surface area contributed by atoms with Crippen molar-refractivity contribution in [2.24, 2.45) is 23.7 Å². The molecule has 0 aromatic rings. The van der Waals surface area contributed by atoms with Gasteiger partial charge in [-0.2, -0.15) is 8.78 Å². The molecular formula is C21H42F2N2O2. The van der Waals surface area contributed by atoms with Crippen LogP contribution in [0.3, 0.4) is 0 Å². The van der Waals surface area contributed by atoms with E-state index >= 15 is 8.78 Å². The maximum absolute atomic E-state index is 16.1. The van der Waals surface area contributed by atoms with E-state index in [2.05, 4.69) is 55.4 Å². The first-order valence-corrected chi connectivity index (χ1v) is 10.3. The number of rotatable bonds is 10. The first-order valence-electron chi connectivity index (χ1n) is 10.3. The zero-order chi connectivity index (χ0) is 21.2. The molecule has 0 bridgehead atoms. The predicted octanol–water partition coefficient (Wildman–Crippen LogP) is 4.55. The Balaban J connectivity index is 3.90. The van der Waals surface area contributed by atoms with E-state index in [1.165, 1.54) is 9.80 Å². The van der Waals surface area contributed by atoms with Gasteiger partial charge in [0, 0.05) is 27.3 Å². The molecule has 0 aliphatic carbocycles. The Morgan fingerprint density at radius 2 is 0.889 bits per heavy atom. The van der Waals surface area contributed by atoms with Crippen molar-refractivity contribution in [2.45, 2.75) is 72.6 Å². The lowest BCUT2D eigenvalue weighted by Gasteiger charge is -2.59. The number of hydrogen-bond acceptors (Lipinski definition) is 4. The zero-order valence-corrected chi connectivity index (χ0v) is 19.1. The van der Waals surface area contributed by atoms with Gasteiger partial charge in [-0.1, -0.05) is 55.4 Å². The molecule has 1 rings (SSSR count). The number of alkyl halides is 2. The van der Waals surface area contributed by atoms with Gasteiger partial charge in [0.25, 0.3) is 0 Å². The minimum Gasteiger partial charge on any atom is -0.383 e. The molecule has 0 radical (unpaired) electrons. The first kappa shape index (κ1) is 24.7. The van der Waals surface area contributed by atoms with Crippen LogP contribution in [0.15, 0.2) is 0 Å². The van der Waals surface area contributed by atoms with Crippen LogP contribution in [0, 0.1) is 23.7 Å². The van der Waals surface area contributed by atoms with Crippen molar-refractivity contribution < 1.29 is 18.3 Å². The van der Waals surface area contributed by atoms with Gasteiger partial charge in [0.1, 0.15) is 0 Å². The third-order valence-corrected chi connectivity index (χ3v) is 6.74. The topological polar surface area (TPSA) is 24.9 Å². The Kier molecular flexibility index (Phi) is 8.26. The number of ether oxygens (including phenoxy) is 2. The van der Waals surface area contributed by atoms with E-state index in [-0.39, 0.29) is 50.0 Å². The van der Waals surface area contributed by atoms with Gasteiger partial charge >= 0.3 is 6.17 Å². The Morgan fingerprint density at radius 1 is 0.630 bits per heavy atom. The summed E-state index contributed by atoms with van der Waals surface area (Å²) in [6, 6.07) is 0. The average Bonchev–Trinajstić information content (AvgIpc) is 2.73. The molecule has 4 nitrogen and oxygen atoms in total. The average molecular weight is 393 g/mol. The fraction of sp³-hybridized carbons (Fsp3) is 1.00. The van der Waals surface area contributed by atoms with Crippen LogP contribution in [0.5, 0.6) is 0 Å². The molecule has 27 heavy (non-hydrogen) atoms. The minimum absolute atomic E-state index is 0.0394. The third-order valence-electron chi connectivity index (χ3n) is 6.74. The highest BCUT2D eigenvalue weighted by molar-refractivity contribution is 5.24. The Hall–Kier alpha value is -0.300. The van der Waals surface area contributed by atoms with Crippen molar-refractivity contribution in [1.82, 2.24) is 9.80 Å². The van der Waals surface area contributed by atoms with Crippen molar-refractivity contribution in [1.29, 1.82) is 0 Å². The smallest absolute Gasteiger partial charge is 0.370 e. The van der Waals surface area contributed by atoms with E-state index in [9.17, 15) is 0 Å². The van der Waals surface area contributed by atoms with Crippen LogP contribution in [-0.2, 0) is 9.47 Å². The monoisotopic (exact) mass is 392 g/mol. The van der Waals surface area contributed by atoms with Crippen LogP contribution in [0.4, 0.5) is 8.78 Å². The van der Waals surface area contributed by atoms with Crippen molar-refractivity contribution >= 4 is 0 Å². The highest BCUT2D eigenvalue weighted by atomic mass is 19.3. The van der Waals surface area contributed by atoms with E-state index < -0.39 is 17.2 Å². The fourth-order valence-corrected chi connectivity index (χ4v) is 6.46. The summed E-state index contributed by atoms with van der Waals surface area (Å²) in [6.45, 7) is 17.7. The second-order valence-electron chi connectivity index (χ2n) is 9.07. The number of halogens is 2. The number of hydrogen-bond donors (Lipinski definition) is 0. The Morgan fingerprint density at radius 3 is 1.07 bits per heavy atom. The summed E-state index contributed by atoms with van der Waals surface area (Å²) in [5.41, 5.74) is -1.41. The number of methoxy groups -OCH3 is 2. The molecule has 1 saturated heterocycles. The molecule has 6 heteroatoms. The molecule has 1 aliphatic rings. The highest BCUT2D eigenvalue weighted by Crippen LogP contribution is 2.62. The van der Waals surface area contributed by atoms with Gasteiger partial charge in [0.15, 0.2) is 0 Å². The maximum atomic E-state index is 16.1. The standard InChI is InChI=1S/C21H42F2N2O2/c1-15(2)19(16(3)4)20(17(5)6,18(7)8)25(12-14-27-10)21(22,23)24(19)11-13-26-9/h15-18H,11-14H2,1-10H3. The summed E-state index contributed by atoms with van der Waals surface area (Å²) in [6.07, 6.45) is -3.07. The molecule has 0 aromatic heterocycles.